The third-order valence-electron chi connectivity index (χ3n) is 3.74. The summed E-state index contributed by atoms with van der Waals surface area (Å²) in [5.74, 6) is 0.634. The summed E-state index contributed by atoms with van der Waals surface area (Å²) in [6.07, 6.45) is 2.81. The maximum atomic E-state index is 12.4. The molecule has 0 atom stereocenters. The van der Waals surface area contributed by atoms with Crippen molar-refractivity contribution in [1.82, 2.24) is 9.88 Å². The summed E-state index contributed by atoms with van der Waals surface area (Å²) in [6.45, 7) is 1.61. The minimum absolute atomic E-state index is 0.164. The first-order valence-electron chi connectivity index (χ1n) is 7.14. The monoisotopic (exact) mass is 320 g/mol. The molecule has 0 fully saturated rings. The minimum atomic E-state index is 0.164. The van der Waals surface area contributed by atoms with Crippen LogP contribution in [0.4, 0.5) is 0 Å². The normalized spacial score (nSPS) is 14.3. The van der Waals surface area contributed by atoms with Crippen molar-refractivity contribution in [2.45, 2.75) is 25.1 Å². The Hall–Kier alpha value is -1.39. The summed E-state index contributed by atoms with van der Waals surface area (Å²) in [5, 5.41) is 3.11. The van der Waals surface area contributed by atoms with Crippen molar-refractivity contribution >= 4 is 28.8 Å². The fourth-order valence-electron chi connectivity index (χ4n) is 2.63. The lowest BCUT2D eigenvalue weighted by Crippen LogP contribution is -2.38. The molecule has 2 heterocycles. The Balaban J connectivity index is 1.56. The Labute approximate surface area is 133 Å². The van der Waals surface area contributed by atoms with Gasteiger partial charge in [-0.25, -0.2) is 4.98 Å². The van der Waals surface area contributed by atoms with Crippen LogP contribution in [0.15, 0.2) is 29.6 Å². The number of nitrogens with zero attached hydrogens (tertiary/aromatic N) is 2. The minimum Gasteiger partial charge on any atom is -0.338 e. The van der Waals surface area contributed by atoms with Gasteiger partial charge in [-0.3, -0.25) is 4.79 Å². The number of carbonyl (C=O) groups is 1. The van der Waals surface area contributed by atoms with E-state index in [2.05, 4.69) is 4.98 Å². The Morgan fingerprint density at radius 1 is 1.33 bits per heavy atom. The molecule has 110 valence electrons. The van der Waals surface area contributed by atoms with E-state index in [1.165, 1.54) is 5.56 Å². The topological polar surface area (TPSA) is 33.2 Å². The molecule has 0 radical (unpaired) electrons. The third kappa shape index (κ3) is 3.27. The average Bonchev–Trinajstić information content (AvgIpc) is 2.98. The summed E-state index contributed by atoms with van der Waals surface area (Å²) in [4.78, 5) is 18.8. The fraction of sp³-hybridized carbons (Fsp3) is 0.375. The lowest BCUT2D eigenvalue weighted by Gasteiger charge is -2.28. The zero-order chi connectivity index (χ0) is 14.7. The maximum absolute atomic E-state index is 12.4. The lowest BCUT2D eigenvalue weighted by atomic mass is 9.99. The van der Waals surface area contributed by atoms with Crippen LogP contribution >= 0.6 is 22.9 Å². The van der Waals surface area contributed by atoms with Crippen molar-refractivity contribution in [3.63, 3.8) is 0 Å². The molecule has 1 aliphatic rings. The molecule has 0 bridgehead atoms. The summed E-state index contributed by atoms with van der Waals surface area (Å²) in [7, 11) is 0. The van der Waals surface area contributed by atoms with E-state index in [1.54, 1.807) is 11.3 Å². The van der Waals surface area contributed by atoms with Crippen LogP contribution in [-0.2, 0) is 18.7 Å². The van der Waals surface area contributed by atoms with Gasteiger partial charge >= 0.3 is 0 Å². The largest absolute Gasteiger partial charge is 0.338 e. The predicted octanol–water partition coefficient (Wildman–Crippen LogP) is 3.51. The fourth-order valence-corrected chi connectivity index (χ4v) is 3.70. The van der Waals surface area contributed by atoms with Crippen LogP contribution in [0.5, 0.6) is 0 Å². The zero-order valence-corrected chi connectivity index (χ0v) is 13.3. The van der Waals surface area contributed by atoms with Gasteiger partial charge in [0, 0.05) is 30.5 Å². The molecule has 1 aliphatic heterocycles. The molecular weight excluding hydrogens is 304 g/mol. The van der Waals surface area contributed by atoms with Crippen LogP contribution in [0.25, 0.3) is 0 Å². The van der Waals surface area contributed by atoms with Gasteiger partial charge in [0.2, 0.25) is 0 Å². The number of aryl methyl sites for hydroxylation is 1. The summed E-state index contributed by atoms with van der Waals surface area (Å²) >= 11 is 7.41. The number of fused-ring (bicyclic) bond motifs is 1. The van der Waals surface area contributed by atoms with Crippen LogP contribution in [0.2, 0.25) is 0 Å². The summed E-state index contributed by atoms with van der Waals surface area (Å²) < 4.78 is 0. The van der Waals surface area contributed by atoms with Crippen LogP contribution in [0.1, 0.15) is 33.0 Å². The van der Waals surface area contributed by atoms with Crippen molar-refractivity contribution in [2.75, 3.05) is 13.1 Å². The van der Waals surface area contributed by atoms with Crippen LogP contribution in [0.3, 0.4) is 0 Å². The standard InChI is InChI=1S/C16H17ClN2OS/c17-10-13-11-21-15(18-13)6-3-8-19-9-7-12-4-1-2-5-14(12)16(19)20/h1-2,4-5,11H,3,6-10H2. The number of benzene rings is 1. The Morgan fingerprint density at radius 2 is 2.19 bits per heavy atom. The molecule has 5 heteroatoms. The Bertz CT molecular complexity index is 641. The zero-order valence-electron chi connectivity index (χ0n) is 11.7. The number of rotatable bonds is 5. The molecule has 1 amide bonds. The summed E-state index contributed by atoms with van der Waals surface area (Å²) in [6, 6.07) is 7.91. The number of thiazole rings is 1. The number of amides is 1. The second-order valence-electron chi connectivity index (χ2n) is 5.17. The van der Waals surface area contributed by atoms with E-state index in [9.17, 15) is 4.79 Å². The molecule has 3 nitrogen and oxygen atoms in total. The smallest absolute Gasteiger partial charge is 0.254 e. The highest BCUT2D eigenvalue weighted by molar-refractivity contribution is 7.09. The van der Waals surface area contributed by atoms with E-state index in [0.717, 1.165) is 48.6 Å². The van der Waals surface area contributed by atoms with Gasteiger partial charge in [0.1, 0.15) is 0 Å². The quantitative estimate of drug-likeness (QED) is 0.790. The summed E-state index contributed by atoms with van der Waals surface area (Å²) in [5.41, 5.74) is 2.98. The van der Waals surface area contributed by atoms with E-state index in [1.807, 2.05) is 34.5 Å². The van der Waals surface area contributed by atoms with E-state index < -0.39 is 0 Å². The number of hydrogen-bond acceptors (Lipinski definition) is 3. The van der Waals surface area contributed by atoms with Crippen molar-refractivity contribution < 1.29 is 4.79 Å². The molecule has 0 N–H and O–H groups in total. The molecule has 0 unspecified atom stereocenters. The van der Waals surface area contributed by atoms with Crippen molar-refractivity contribution in [3.05, 3.63) is 51.5 Å². The highest BCUT2D eigenvalue weighted by Gasteiger charge is 2.23. The average molecular weight is 321 g/mol. The van der Waals surface area contributed by atoms with E-state index in [0.29, 0.717) is 5.88 Å². The van der Waals surface area contributed by atoms with Gasteiger partial charge < -0.3 is 4.90 Å². The van der Waals surface area contributed by atoms with Crippen LogP contribution in [-0.4, -0.2) is 28.9 Å². The molecule has 0 aliphatic carbocycles. The molecule has 21 heavy (non-hydrogen) atoms. The molecule has 2 aromatic rings. The number of hydrogen-bond donors (Lipinski definition) is 0. The molecule has 1 aromatic heterocycles. The van der Waals surface area contributed by atoms with Crippen LogP contribution in [0, 0.1) is 0 Å². The van der Waals surface area contributed by atoms with Crippen molar-refractivity contribution in [3.8, 4) is 0 Å². The molecule has 0 saturated carbocycles. The first-order chi connectivity index (χ1) is 10.3. The first-order valence-corrected chi connectivity index (χ1v) is 8.56. The van der Waals surface area contributed by atoms with Gasteiger partial charge in [-0.05, 0) is 24.5 Å². The molecular formula is C16H17ClN2OS. The highest BCUT2D eigenvalue weighted by atomic mass is 35.5. The number of carbonyl (C=O) groups excluding carboxylic acids is 1. The van der Waals surface area contributed by atoms with Gasteiger partial charge in [-0.15, -0.1) is 22.9 Å². The first kappa shape index (κ1) is 14.5. The van der Waals surface area contributed by atoms with Gasteiger partial charge in [0.05, 0.1) is 16.6 Å². The second kappa shape index (κ2) is 6.58. The van der Waals surface area contributed by atoms with Crippen LogP contribution < -0.4 is 0 Å². The van der Waals surface area contributed by atoms with E-state index in [4.69, 9.17) is 11.6 Å². The molecule has 0 spiro atoms. The Kier molecular flexibility index (Phi) is 4.56. The van der Waals surface area contributed by atoms with E-state index >= 15 is 0 Å². The van der Waals surface area contributed by atoms with Gasteiger partial charge in [0.15, 0.2) is 0 Å². The SMILES string of the molecule is O=C1c2ccccc2CCN1CCCc1nc(CCl)cs1. The van der Waals surface area contributed by atoms with Crippen molar-refractivity contribution in [2.24, 2.45) is 0 Å². The van der Waals surface area contributed by atoms with Gasteiger partial charge in [0.25, 0.3) is 5.91 Å². The molecule has 1 aromatic carbocycles. The highest BCUT2D eigenvalue weighted by Crippen LogP contribution is 2.19. The number of halogens is 1. The third-order valence-corrected chi connectivity index (χ3v) is 4.97. The molecule has 0 saturated heterocycles. The Morgan fingerprint density at radius 3 is 3.00 bits per heavy atom. The maximum Gasteiger partial charge on any atom is 0.254 e. The van der Waals surface area contributed by atoms with Gasteiger partial charge in [-0.2, -0.15) is 0 Å². The van der Waals surface area contributed by atoms with Gasteiger partial charge in [-0.1, -0.05) is 18.2 Å². The number of alkyl halides is 1. The second-order valence-corrected chi connectivity index (χ2v) is 6.38. The number of aromatic nitrogens is 1. The molecule has 3 rings (SSSR count). The lowest BCUT2D eigenvalue weighted by molar-refractivity contribution is 0.0738. The predicted molar refractivity (Wildman–Crippen MR) is 86.0 cm³/mol. The van der Waals surface area contributed by atoms with Crippen molar-refractivity contribution in [1.29, 1.82) is 0 Å². The van der Waals surface area contributed by atoms with E-state index in [-0.39, 0.29) is 5.91 Å².